The van der Waals surface area contributed by atoms with Crippen LogP contribution in [0.25, 0.3) is 0 Å². The molecule has 0 aromatic carbocycles. The Balaban J connectivity index is 2.46. The van der Waals surface area contributed by atoms with Gasteiger partial charge in [-0.05, 0) is 45.2 Å². The second-order valence-electron chi connectivity index (χ2n) is 5.61. The average Bonchev–Trinajstić information content (AvgIpc) is 2.25. The molecule has 0 amide bonds. The van der Waals surface area contributed by atoms with Gasteiger partial charge in [-0.1, -0.05) is 0 Å². The zero-order chi connectivity index (χ0) is 14.2. The number of anilines is 1. The van der Waals surface area contributed by atoms with E-state index >= 15 is 0 Å². The van der Waals surface area contributed by atoms with Crippen LogP contribution in [0, 0.1) is 13.8 Å². The molecule has 2 N–H and O–H groups in total. The summed E-state index contributed by atoms with van der Waals surface area (Å²) in [6.45, 7) is 6.56. The fourth-order valence-corrected chi connectivity index (χ4v) is 2.71. The van der Waals surface area contributed by atoms with Gasteiger partial charge in [0.25, 0.3) is 0 Å². The van der Waals surface area contributed by atoms with Gasteiger partial charge in [0.05, 0.1) is 5.60 Å². The molecular weight excluding hydrogens is 244 g/mol. The Morgan fingerprint density at radius 1 is 1.47 bits per heavy atom. The average molecular weight is 264 g/mol. The highest BCUT2D eigenvalue weighted by Crippen LogP contribution is 2.28. The summed E-state index contributed by atoms with van der Waals surface area (Å²) in [7, 11) is 0. The van der Waals surface area contributed by atoms with Gasteiger partial charge in [-0.15, -0.1) is 0 Å². The predicted molar refractivity (Wildman–Crippen MR) is 72.7 cm³/mol. The van der Waals surface area contributed by atoms with E-state index in [2.05, 4.69) is 4.98 Å². The van der Waals surface area contributed by atoms with Gasteiger partial charge in [0, 0.05) is 18.8 Å². The summed E-state index contributed by atoms with van der Waals surface area (Å²) >= 11 is 0. The smallest absolute Gasteiger partial charge is 0.339 e. The highest BCUT2D eigenvalue weighted by Gasteiger charge is 2.31. The number of pyridine rings is 1. The predicted octanol–water partition coefficient (Wildman–Crippen LogP) is 1.75. The van der Waals surface area contributed by atoms with Crippen LogP contribution in [0.3, 0.4) is 0 Å². The molecule has 1 saturated heterocycles. The van der Waals surface area contributed by atoms with Crippen molar-refractivity contribution in [1.29, 1.82) is 0 Å². The first kappa shape index (κ1) is 13.8. The van der Waals surface area contributed by atoms with Gasteiger partial charge < -0.3 is 15.1 Å². The second kappa shape index (κ2) is 4.81. The van der Waals surface area contributed by atoms with Crippen LogP contribution >= 0.6 is 0 Å². The lowest BCUT2D eigenvalue weighted by atomic mass is 9.94. The highest BCUT2D eigenvalue weighted by atomic mass is 16.4. The van der Waals surface area contributed by atoms with E-state index in [4.69, 9.17) is 0 Å². The molecule has 1 aromatic rings. The van der Waals surface area contributed by atoms with Crippen LogP contribution in [0.1, 0.15) is 41.4 Å². The summed E-state index contributed by atoms with van der Waals surface area (Å²) in [6.07, 6.45) is 1.57. The number of piperidine rings is 1. The maximum atomic E-state index is 11.4. The van der Waals surface area contributed by atoms with Gasteiger partial charge in [-0.25, -0.2) is 9.78 Å². The van der Waals surface area contributed by atoms with Crippen LogP contribution < -0.4 is 4.90 Å². The molecule has 104 valence electrons. The van der Waals surface area contributed by atoms with E-state index in [1.807, 2.05) is 11.8 Å². The van der Waals surface area contributed by atoms with E-state index in [1.165, 1.54) is 0 Å². The molecule has 0 spiro atoms. The molecule has 1 aliphatic rings. The van der Waals surface area contributed by atoms with Crippen LogP contribution in [0.2, 0.25) is 0 Å². The Labute approximate surface area is 112 Å². The Morgan fingerprint density at radius 2 is 2.16 bits per heavy atom. The van der Waals surface area contributed by atoms with E-state index in [0.29, 0.717) is 17.9 Å². The zero-order valence-electron chi connectivity index (χ0n) is 11.6. The number of rotatable bonds is 2. The number of β-amino-alcohol motifs (C(OH)–C–C–N with tert-alkyl or cyclic N) is 1. The minimum Gasteiger partial charge on any atom is -0.478 e. The summed E-state index contributed by atoms with van der Waals surface area (Å²) in [6, 6.07) is 1.77. The zero-order valence-corrected chi connectivity index (χ0v) is 11.6. The fraction of sp³-hybridized carbons (Fsp3) is 0.571. The molecule has 5 nitrogen and oxygen atoms in total. The number of nitrogens with zero attached hydrogens (tertiary/aromatic N) is 2. The van der Waals surface area contributed by atoms with Crippen molar-refractivity contribution >= 4 is 11.8 Å². The van der Waals surface area contributed by atoms with Gasteiger partial charge in [0.1, 0.15) is 11.4 Å². The molecule has 1 atom stereocenters. The number of aromatic carboxylic acids is 1. The van der Waals surface area contributed by atoms with Crippen molar-refractivity contribution in [3.05, 3.63) is 22.9 Å². The summed E-state index contributed by atoms with van der Waals surface area (Å²) in [5, 5.41) is 19.5. The summed E-state index contributed by atoms with van der Waals surface area (Å²) < 4.78 is 0. The van der Waals surface area contributed by atoms with E-state index in [1.54, 1.807) is 19.9 Å². The summed E-state index contributed by atoms with van der Waals surface area (Å²) in [5.74, 6) is -0.491. The topological polar surface area (TPSA) is 73.7 Å². The number of hydrogen-bond donors (Lipinski definition) is 2. The molecule has 1 aliphatic heterocycles. The molecule has 1 unspecified atom stereocenters. The van der Waals surface area contributed by atoms with Crippen molar-refractivity contribution in [3.8, 4) is 0 Å². The maximum Gasteiger partial charge on any atom is 0.339 e. The van der Waals surface area contributed by atoms with Crippen molar-refractivity contribution in [2.75, 3.05) is 18.0 Å². The fourth-order valence-electron chi connectivity index (χ4n) is 2.71. The summed E-state index contributed by atoms with van der Waals surface area (Å²) in [4.78, 5) is 17.7. The number of aliphatic hydroxyl groups is 1. The lowest BCUT2D eigenvalue weighted by molar-refractivity contribution is 0.0443. The van der Waals surface area contributed by atoms with Gasteiger partial charge in [-0.3, -0.25) is 0 Å². The van der Waals surface area contributed by atoms with E-state index in [0.717, 1.165) is 25.1 Å². The maximum absolute atomic E-state index is 11.4. The van der Waals surface area contributed by atoms with Gasteiger partial charge >= 0.3 is 5.97 Å². The molecular formula is C14H20N2O3. The monoisotopic (exact) mass is 264 g/mol. The van der Waals surface area contributed by atoms with Gasteiger partial charge in [0.2, 0.25) is 0 Å². The molecule has 0 saturated carbocycles. The van der Waals surface area contributed by atoms with Crippen LogP contribution in [0.4, 0.5) is 5.82 Å². The third-order valence-electron chi connectivity index (χ3n) is 3.51. The Kier molecular flexibility index (Phi) is 3.49. The first-order valence-corrected chi connectivity index (χ1v) is 6.49. The summed E-state index contributed by atoms with van der Waals surface area (Å²) in [5.41, 5.74) is 0.958. The van der Waals surface area contributed by atoms with E-state index in [-0.39, 0.29) is 5.56 Å². The molecule has 2 heterocycles. The number of aryl methyl sites for hydroxylation is 2. The second-order valence-corrected chi connectivity index (χ2v) is 5.61. The number of carboxylic acids is 1. The van der Waals surface area contributed by atoms with Crippen molar-refractivity contribution in [2.45, 2.75) is 39.2 Å². The molecule has 2 rings (SSSR count). The first-order chi connectivity index (χ1) is 8.80. The first-order valence-electron chi connectivity index (χ1n) is 6.49. The normalized spacial score (nSPS) is 23.5. The molecule has 0 radical (unpaired) electrons. The number of carbonyl (C=O) groups is 1. The molecule has 0 aliphatic carbocycles. The molecule has 19 heavy (non-hydrogen) atoms. The Bertz CT molecular complexity index is 512. The minimum absolute atomic E-state index is 0.239. The Hall–Kier alpha value is -1.62. The lowest BCUT2D eigenvalue weighted by Gasteiger charge is -2.38. The van der Waals surface area contributed by atoms with Crippen LogP contribution in [-0.4, -0.2) is 39.9 Å². The number of hydrogen-bond acceptors (Lipinski definition) is 4. The van der Waals surface area contributed by atoms with Crippen molar-refractivity contribution in [2.24, 2.45) is 0 Å². The van der Waals surface area contributed by atoms with E-state index < -0.39 is 11.6 Å². The molecule has 5 heteroatoms. The molecule has 0 bridgehead atoms. The van der Waals surface area contributed by atoms with Crippen LogP contribution in [-0.2, 0) is 0 Å². The molecule has 1 aromatic heterocycles. The Morgan fingerprint density at radius 3 is 2.74 bits per heavy atom. The third-order valence-corrected chi connectivity index (χ3v) is 3.51. The van der Waals surface area contributed by atoms with Crippen molar-refractivity contribution in [3.63, 3.8) is 0 Å². The van der Waals surface area contributed by atoms with Crippen molar-refractivity contribution < 1.29 is 15.0 Å². The van der Waals surface area contributed by atoms with Crippen molar-refractivity contribution in [1.82, 2.24) is 4.98 Å². The van der Waals surface area contributed by atoms with Gasteiger partial charge in [0.15, 0.2) is 0 Å². The largest absolute Gasteiger partial charge is 0.478 e. The quantitative estimate of drug-likeness (QED) is 0.851. The minimum atomic E-state index is -0.967. The van der Waals surface area contributed by atoms with Crippen LogP contribution in [0.5, 0.6) is 0 Å². The third kappa shape index (κ3) is 2.87. The molecule has 1 fully saturated rings. The number of carboxylic acid groups (broad SMARTS) is 1. The standard InChI is InChI=1S/C14H20N2O3/c1-9-7-10(2)15-12(11(9)13(17)18)16-6-4-5-14(3,19)8-16/h7,19H,4-6,8H2,1-3H3,(H,17,18). The van der Waals surface area contributed by atoms with Crippen LogP contribution in [0.15, 0.2) is 6.07 Å². The SMILES string of the molecule is Cc1cc(C)c(C(=O)O)c(N2CCCC(C)(O)C2)n1. The number of aromatic nitrogens is 1. The highest BCUT2D eigenvalue weighted by molar-refractivity contribution is 5.95. The van der Waals surface area contributed by atoms with E-state index in [9.17, 15) is 15.0 Å². The lowest BCUT2D eigenvalue weighted by Crippen LogP contribution is -2.47. The van der Waals surface area contributed by atoms with Gasteiger partial charge in [-0.2, -0.15) is 0 Å².